The summed E-state index contributed by atoms with van der Waals surface area (Å²) in [5.74, 6) is -0.201. The van der Waals surface area contributed by atoms with E-state index in [0.29, 0.717) is 0 Å². The van der Waals surface area contributed by atoms with Crippen LogP contribution in [0.5, 0.6) is 0 Å². The van der Waals surface area contributed by atoms with Crippen molar-refractivity contribution in [1.29, 1.82) is 5.26 Å². The smallest absolute Gasteiger partial charge is 0.180 e. The molecule has 0 aliphatic carbocycles. The highest BCUT2D eigenvalue weighted by atomic mass is 79.9. The predicted molar refractivity (Wildman–Crippen MR) is 56.8 cm³/mol. The minimum Gasteiger partial charge on any atom is -0.224 e. The lowest BCUT2D eigenvalue weighted by Crippen LogP contribution is -2.14. The largest absolute Gasteiger partial charge is 0.224 e. The molecule has 0 N–H and O–H groups in total. The van der Waals surface area contributed by atoms with Gasteiger partial charge in [-0.1, -0.05) is 34.1 Å². The number of nitrogens with zero attached hydrogens (tertiary/aromatic N) is 1. The van der Waals surface area contributed by atoms with E-state index in [2.05, 4.69) is 15.9 Å². The number of alkyl halides is 1. The minimum atomic E-state index is -3.34. The molecule has 5 heteroatoms. The number of nitriles is 1. The second-order valence-electron chi connectivity index (χ2n) is 2.69. The molecule has 0 bridgehead atoms. The Morgan fingerprint density at radius 1 is 1.36 bits per heavy atom. The number of halogens is 1. The summed E-state index contributed by atoms with van der Waals surface area (Å²) >= 11 is 2.97. The van der Waals surface area contributed by atoms with Crippen LogP contribution in [0, 0.1) is 11.3 Å². The molecule has 1 atom stereocenters. The molecule has 0 amide bonds. The van der Waals surface area contributed by atoms with Crippen LogP contribution in [0.4, 0.5) is 0 Å². The van der Waals surface area contributed by atoms with Crippen LogP contribution in [-0.4, -0.2) is 19.0 Å². The summed E-state index contributed by atoms with van der Waals surface area (Å²) in [6.45, 7) is 0. The molecule has 0 heterocycles. The number of rotatable bonds is 3. The fourth-order valence-electron chi connectivity index (χ4n) is 0.954. The Labute approximate surface area is 91.4 Å². The van der Waals surface area contributed by atoms with E-state index in [4.69, 9.17) is 5.26 Å². The number of sulfone groups is 1. The van der Waals surface area contributed by atoms with E-state index in [9.17, 15) is 8.42 Å². The van der Waals surface area contributed by atoms with Crippen molar-refractivity contribution in [3.8, 4) is 6.07 Å². The zero-order chi connectivity index (χ0) is 10.6. The lowest BCUT2D eigenvalue weighted by atomic mass is 10.4. The highest BCUT2D eigenvalue weighted by molar-refractivity contribution is 9.09. The van der Waals surface area contributed by atoms with Gasteiger partial charge in [0.1, 0.15) is 4.83 Å². The Hall–Kier alpha value is -0.860. The number of benzene rings is 1. The van der Waals surface area contributed by atoms with E-state index in [-0.39, 0.29) is 10.6 Å². The normalized spacial score (nSPS) is 13.1. The third kappa shape index (κ3) is 2.82. The van der Waals surface area contributed by atoms with Gasteiger partial charge in [0.2, 0.25) is 0 Å². The van der Waals surface area contributed by atoms with Gasteiger partial charge in [0.05, 0.1) is 16.7 Å². The Morgan fingerprint density at radius 3 is 2.43 bits per heavy atom. The van der Waals surface area contributed by atoms with Gasteiger partial charge in [-0.2, -0.15) is 5.26 Å². The molecule has 3 nitrogen and oxygen atoms in total. The molecule has 0 aliphatic heterocycles. The summed E-state index contributed by atoms with van der Waals surface area (Å²) in [7, 11) is -3.34. The predicted octanol–water partition coefficient (Wildman–Crippen LogP) is 1.75. The van der Waals surface area contributed by atoms with Gasteiger partial charge in [-0.3, -0.25) is 0 Å². The molecular formula is C9H8BrNO2S. The van der Waals surface area contributed by atoms with Gasteiger partial charge < -0.3 is 0 Å². The fourth-order valence-corrected chi connectivity index (χ4v) is 3.22. The van der Waals surface area contributed by atoms with E-state index >= 15 is 0 Å². The second kappa shape index (κ2) is 4.58. The van der Waals surface area contributed by atoms with Crippen molar-refractivity contribution in [1.82, 2.24) is 0 Å². The maximum atomic E-state index is 11.6. The Kier molecular flexibility index (Phi) is 3.67. The molecule has 1 rings (SSSR count). The third-order valence-electron chi connectivity index (χ3n) is 1.61. The quantitative estimate of drug-likeness (QED) is 0.789. The monoisotopic (exact) mass is 273 g/mol. The summed E-state index contributed by atoms with van der Waals surface area (Å²) in [5.41, 5.74) is 0. The standard InChI is InChI=1S/C9H8BrNO2S/c10-8(6-11)7-14(12,13)9-4-2-1-3-5-9/h1-5,8H,7H2. The van der Waals surface area contributed by atoms with Crippen LogP contribution in [-0.2, 0) is 9.84 Å². The summed E-state index contributed by atoms with van der Waals surface area (Å²) in [4.78, 5) is -0.410. The van der Waals surface area contributed by atoms with Gasteiger partial charge in [-0.05, 0) is 12.1 Å². The van der Waals surface area contributed by atoms with Crippen LogP contribution in [0.25, 0.3) is 0 Å². The second-order valence-corrected chi connectivity index (χ2v) is 5.83. The molecular weight excluding hydrogens is 266 g/mol. The van der Waals surface area contributed by atoms with Crippen LogP contribution < -0.4 is 0 Å². The van der Waals surface area contributed by atoms with Crippen LogP contribution in [0.3, 0.4) is 0 Å². The molecule has 74 valence electrons. The number of hydrogen-bond acceptors (Lipinski definition) is 3. The average Bonchev–Trinajstić information content (AvgIpc) is 2.18. The van der Waals surface area contributed by atoms with Gasteiger partial charge in [0.15, 0.2) is 9.84 Å². The van der Waals surface area contributed by atoms with Crippen LogP contribution >= 0.6 is 15.9 Å². The molecule has 1 unspecified atom stereocenters. The first kappa shape index (κ1) is 11.2. The minimum absolute atomic E-state index is 0.201. The topological polar surface area (TPSA) is 57.9 Å². The Balaban J connectivity index is 2.94. The van der Waals surface area contributed by atoms with Crippen molar-refractivity contribution in [3.05, 3.63) is 30.3 Å². The van der Waals surface area contributed by atoms with E-state index in [0.717, 1.165) is 0 Å². The van der Waals surface area contributed by atoms with Crippen molar-refractivity contribution in [2.75, 3.05) is 5.75 Å². The highest BCUT2D eigenvalue weighted by Gasteiger charge is 2.18. The van der Waals surface area contributed by atoms with Gasteiger partial charge in [-0.25, -0.2) is 8.42 Å². The van der Waals surface area contributed by atoms with Crippen molar-refractivity contribution in [3.63, 3.8) is 0 Å². The van der Waals surface area contributed by atoms with Crippen molar-refractivity contribution < 1.29 is 8.42 Å². The van der Waals surface area contributed by atoms with Crippen LogP contribution in [0.2, 0.25) is 0 Å². The summed E-state index contributed by atoms with van der Waals surface area (Å²) in [6, 6.07) is 9.92. The molecule has 1 aromatic carbocycles. The number of hydrogen-bond donors (Lipinski definition) is 0. The van der Waals surface area contributed by atoms with E-state index < -0.39 is 14.7 Å². The molecule has 0 spiro atoms. The molecule has 0 fully saturated rings. The third-order valence-corrected chi connectivity index (χ3v) is 4.33. The fraction of sp³-hybridized carbons (Fsp3) is 0.222. The maximum absolute atomic E-state index is 11.6. The highest BCUT2D eigenvalue weighted by Crippen LogP contribution is 2.13. The lowest BCUT2D eigenvalue weighted by Gasteiger charge is -2.03. The molecule has 0 aromatic heterocycles. The van der Waals surface area contributed by atoms with Crippen molar-refractivity contribution in [2.45, 2.75) is 9.72 Å². The molecule has 0 saturated heterocycles. The van der Waals surface area contributed by atoms with E-state index in [1.807, 2.05) is 6.07 Å². The van der Waals surface area contributed by atoms with Crippen LogP contribution in [0.15, 0.2) is 35.2 Å². The Bertz CT molecular complexity index is 436. The van der Waals surface area contributed by atoms with E-state index in [1.165, 1.54) is 12.1 Å². The zero-order valence-corrected chi connectivity index (χ0v) is 9.62. The van der Waals surface area contributed by atoms with E-state index in [1.54, 1.807) is 18.2 Å². The van der Waals surface area contributed by atoms with Gasteiger partial charge in [-0.15, -0.1) is 0 Å². The van der Waals surface area contributed by atoms with Gasteiger partial charge in [0.25, 0.3) is 0 Å². The Morgan fingerprint density at radius 2 is 1.93 bits per heavy atom. The molecule has 1 aromatic rings. The lowest BCUT2D eigenvalue weighted by molar-refractivity contribution is 0.596. The maximum Gasteiger partial charge on any atom is 0.180 e. The van der Waals surface area contributed by atoms with Gasteiger partial charge in [0, 0.05) is 0 Å². The van der Waals surface area contributed by atoms with Gasteiger partial charge >= 0.3 is 0 Å². The van der Waals surface area contributed by atoms with Crippen LogP contribution in [0.1, 0.15) is 0 Å². The molecule has 14 heavy (non-hydrogen) atoms. The summed E-state index contributed by atoms with van der Waals surface area (Å²) in [6.07, 6.45) is 0. The van der Waals surface area contributed by atoms with Crippen molar-refractivity contribution in [2.24, 2.45) is 0 Å². The first-order valence-corrected chi connectivity index (χ1v) is 6.44. The molecule has 0 aliphatic rings. The molecule has 0 radical (unpaired) electrons. The van der Waals surface area contributed by atoms with Crippen molar-refractivity contribution >= 4 is 25.8 Å². The zero-order valence-electron chi connectivity index (χ0n) is 7.22. The molecule has 0 saturated carbocycles. The SMILES string of the molecule is N#CC(Br)CS(=O)(=O)c1ccccc1. The summed E-state index contributed by atoms with van der Waals surface area (Å²) in [5, 5.41) is 8.48. The average molecular weight is 274 g/mol. The first-order valence-electron chi connectivity index (χ1n) is 3.88. The summed E-state index contributed by atoms with van der Waals surface area (Å²) < 4.78 is 23.2. The first-order chi connectivity index (χ1) is 6.56.